The van der Waals surface area contributed by atoms with Crippen molar-refractivity contribution in [1.82, 2.24) is 14.5 Å². The van der Waals surface area contributed by atoms with Crippen LogP contribution in [0.4, 0.5) is 10.3 Å². The van der Waals surface area contributed by atoms with Crippen LogP contribution in [0.5, 0.6) is 0 Å². The molecule has 0 spiro atoms. The zero-order valence-corrected chi connectivity index (χ0v) is 12.7. The molecule has 0 atom stereocenters. The van der Waals surface area contributed by atoms with Crippen LogP contribution in [0, 0.1) is 12.7 Å². The van der Waals surface area contributed by atoms with Gasteiger partial charge in [-0.15, -0.1) is 0 Å². The van der Waals surface area contributed by atoms with E-state index in [0.717, 1.165) is 5.56 Å². The van der Waals surface area contributed by atoms with Gasteiger partial charge in [-0.3, -0.25) is 4.57 Å². The number of pyridine rings is 1. The zero-order chi connectivity index (χ0) is 14.4. The van der Waals surface area contributed by atoms with E-state index in [4.69, 9.17) is 17.3 Å². The number of imidazole rings is 1. The summed E-state index contributed by atoms with van der Waals surface area (Å²) >= 11 is 9.44. The predicted octanol–water partition coefficient (Wildman–Crippen LogP) is 3.87. The first-order valence-electron chi connectivity index (χ1n) is 5.73. The lowest BCUT2D eigenvalue weighted by atomic mass is 10.2. The van der Waals surface area contributed by atoms with Crippen LogP contribution in [0.15, 0.2) is 28.9 Å². The van der Waals surface area contributed by atoms with Gasteiger partial charge in [-0.05, 0) is 46.6 Å². The number of rotatable bonds is 1. The predicted molar refractivity (Wildman–Crippen MR) is 80.7 cm³/mol. The van der Waals surface area contributed by atoms with Crippen molar-refractivity contribution >= 4 is 44.6 Å². The molecular formula is C13H9BrClFN4. The van der Waals surface area contributed by atoms with Crippen molar-refractivity contribution in [2.75, 3.05) is 5.73 Å². The minimum Gasteiger partial charge on any atom is -0.369 e. The fraction of sp³-hybridized carbons (Fsp3) is 0.0769. The number of nitrogens with two attached hydrogens (primary N) is 1. The molecule has 0 fully saturated rings. The van der Waals surface area contributed by atoms with Crippen LogP contribution in [-0.4, -0.2) is 14.5 Å². The Balaban J connectivity index is 2.42. The molecule has 2 heterocycles. The maximum Gasteiger partial charge on any atom is 0.207 e. The monoisotopic (exact) mass is 354 g/mol. The van der Waals surface area contributed by atoms with E-state index in [-0.39, 0.29) is 11.0 Å². The van der Waals surface area contributed by atoms with E-state index >= 15 is 0 Å². The van der Waals surface area contributed by atoms with Crippen molar-refractivity contribution < 1.29 is 4.39 Å². The summed E-state index contributed by atoms with van der Waals surface area (Å²) in [5.41, 5.74) is 8.71. The molecule has 0 bridgehead atoms. The normalized spacial score (nSPS) is 11.2. The van der Waals surface area contributed by atoms with E-state index in [1.807, 2.05) is 13.0 Å². The Hall–Kier alpha value is -1.66. The number of fused-ring (bicyclic) bond motifs is 1. The first kappa shape index (κ1) is 13.3. The largest absolute Gasteiger partial charge is 0.369 e. The average Bonchev–Trinajstić information content (AvgIpc) is 2.67. The average molecular weight is 356 g/mol. The van der Waals surface area contributed by atoms with E-state index in [9.17, 15) is 4.39 Å². The van der Waals surface area contributed by atoms with Crippen LogP contribution in [-0.2, 0) is 0 Å². The van der Waals surface area contributed by atoms with Gasteiger partial charge in [0.25, 0.3) is 0 Å². The van der Waals surface area contributed by atoms with E-state index in [0.29, 0.717) is 21.3 Å². The molecule has 7 heteroatoms. The van der Waals surface area contributed by atoms with Gasteiger partial charge < -0.3 is 5.73 Å². The van der Waals surface area contributed by atoms with Crippen molar-refractivity contribution in [2.24, 2.45) is 0 Å². The quantitative estimate of drug-likeness (QED) is 0.721. The maximum atomic E-state index is 13.3. The molecule has 0 saturated heterocycles. The molecule has 3 rings (SSSR count). The highest BCUT2D eigenvalue weighted by atomic mass is 79.9. The summed E-state index contributed by atoms with van der Waals surface area (Å²) in [5.74, 6) is -0.186. The van der Waals surface area contributed by atoms with E-state index in [1.54, 1.807) is 10.8 Å². The van der Waals surface area contributed by atoms with Crippen molar-refractivity contribution in [1.29, 1.82) is 0 Å². The molecule has 0 saturated carbocycles. The number of hydrogen-bond donors (Lipinski definition) is 1. The summed E-state index contributed by atoms with van der Waals surface area (Å²) in [6, 6.07) is 4.39. The Kier molecular flexibility index (Phi) is 3.14. The summed E-state index contributed by atoms with van der Waals surface area (Å²) in [6.07, 6.45) is 1.67. The van der Waals surface area contributed by atoms with Gasteiger partial charge in [0.15, 0.2) is 5.65 Å². The lowest BCUT2D eigenvalue weighted by Gasteiger charge is -2.10. The first-order valence-corrected chi connectivity index (χ1v) is 6.90. The molecule has 102 valence electrons. The maximum absolute atomic E-state index is 13.3. The van der Waals surface area contributed by atoms with E-state index in [1.165, 1.54) is 12.1 Å². The van der Waals surface area contributed by atoms with Crippen LogP contribution in [0.2, 0.25) is 5.02 Å². The van der Waals surface area contributed by atoms with Gasteiger partial charge in [0, 0.05) is 10.7 Å². The van der Waals surface area contributed by atoms with E-state index < -0.39 is 5.82 Å². The highest BCUT2D eigenvalue weighted by Gasteiger charge is 2.18. The molecule has 0 unspecified atom stereocenters. The Bertz CT molecular complexity index is 808. The second-order valence-corrected chi connectivity index (χ2v) is 5.59. The first-order chi connectivity index (χ1) is 9.49. The van der Waals surface area contributed by atoms with E-state index in [2.05, 4.69) is 25.9 Å². The minimum absolute atomic E-state index is 0.228. The Morgan fingerprint density at radius 3 is 2.85 bits per heavy atom. The summed E-state index contributed by atoms with van der Waals surface area (Å²) in [6.45, 7) is 1.92. The molecule has 0 aliphatic carbocycles. The Morgan fingerprint density at radius 2 is 2.15 bits per heavy atom. The molecule has 2 N–H and O–H groups in total. The Morgan fingerprint density at radius 1 is 1.40 bits per heavy atom. The third-order valence-corrected chi connectivity index (χ3v) is 3.87. The third kappa shape index (κ3) is 1.96. The summed E-state index contributed by atoms with van der Waals surface area (Å²) in [4.78, 5) is 8.59. The standard InChI is InChI=1S/C13H9BrClFN4/c1-6-2-3-18-12-10(6)19-13(17)20(12)11-8(14)4-7(16)5-9(11)15/h2-5H,1H3,(H2,17,19). The summed E-state index contributed by atoms with van der Waals surface area (Å²) < 4.78 is 15.4. The number of hydrogen-bond acceptors (Lipinski definition) is 3. The molecular weight excluding hydrogens is 347 g/mol. The van der Waals surface area contributed by atoms with Gasteiger partial charge in [0.05, 0.1) is 10.7 Å². The van der Waals surface area contributed by atoms with Crippen LogP contribution >= 0.6 is 27.5 Å². The van der Waals surface area contributed by atoms with Crippen molar-refractivity contribution in [2.45, 2.75) is 6.92 Å². The van der Waals surface area contributed by atoms with Crippen molar-refractivity contribution in [3.63, 3.8) is 0 Å². The summed E-state index contributed by atoms with van der Waals surface area (Å²) in [5, 5.41) is 0.228. The number of halogens is 3. The topological polar surface area (TPSA) is 56.7 Å². The molecule has 20 heavy (non-hydrogen) atoms. The van der Waals surface area contributed by atoms with Crippen LogP contribution in [0.3, 0.4) is 0 Å². The molecule has 0 aliphatic heterocycles. The number of anilines is 1. The van der Waals surface area contributed by atoms with Gasteiger partial charge in [0.2, 0.25) is 5.95 Å². The summed E-state index contributed by atoms with van der Waals surface area (Å²) in [7, 11) is 0. The highest BCUT2D eigenvalue weighted by Crippen LogP contribution is 2.34. The molecule has 3 aromatic rings. The smallest absolute Gasteiger partial charge is 0.207 e. The van der Waals surface area contributed by atoms with Gasteiger partial charge in [-0.1, -0.05) is 11.6 Å². The SMILES string of the molecule is Cc1ccnc2c1nc(N)n2-c1c(Cl)cc(F)cc1Br. The molecule has 1 aromatic carbocycles. The minimum atomic E-state index is -0.433. The van der Waals surface area contributed by atoms with Crippen LogP contribution < -0.4 is 5.73 Å². The number of aryl methyl sites for hydroxylation is 1. The fourth-order valence-corrected chi connectivity index (χ4v) is 3.09. The molecule has 0 aliphatic rings. The van der Waals surface area contributed by atoms with Crippen molar-refractivity contribution in [3.8, 4) is 5.69 Å². The highest BCUT2D eigenvalue weighted by molar-refractivity contribution is 9.10. The Labute approximate surface area is 127 Å². The van der Waals surface area contributed by atoms with Gasteiger partial charge >= 0.3 is 0 Å². The number of aromatic nitrogens is 3. The fourth-order valence-electron chi connectivity index (χ4n) is 2.08. The van der Waals surface area contributed by atoms with Crippen LogP contribution in [0.25, 0.3) is 16.9 Å². The van der Waals surface area contributed by atoms with Gasteiger partial charge in [-0.2, -0.15) is 0 Å². The molecule has 0 amide bonds. The molecule has 0 radical (unpaired) electrons. The zero-order valence-electron chi connectivity index (χ0n) is 10.4. The number of benzene rings is 1. The van der Waals surface area contributed by atoms with Crippen molar-refractivity contribution in [3.05, 3.63) is 45.3 Å². The second kappa shape index (κ2) is 4.71. The second-order valence-electron chi connectivity index (χ2n) is 4.32. The third-order valence-electron chi connectivity index (χ3n) is 2.98. The lowest BCUT2D eigenvalue weighted by molar-refractivity contribution is 0.626. The van der Waals surface area contributed by atoms with Gasteiger partial charge in [-0.25, -0.2) is 14.4 Å². The molecule has 4 nitrogen and oxygen atoms in total. The number of nitrogens with zero attached hydrogens (tertiary/aromatic N) is 3. The van der Waals surface area contributed by atoms with Gasteiger partial charge in [0.1, 0.15) is 11.3 Å². The lowest BCUT2D eigenvalue weighted by Crippen LogP contribution is -2.03. The van der Waals surface area contributed by atoms with Crippen LogP contribution in [0.1, 0.15) is 5.56 Å². The number of nitrogen functional groups attached to an aromatic ring is 1. The molecule has 2 aromatic heterocycles.